The Morgan fingerprint density at radius 2 is 2.20 bits per heavy atom. The van der Waals surface area contributed by atoms with Crippen LogP contribution in [0.1, 0.15) is 49.3 Å². The van der Waals surface area contributed by atoms with Crippen LogP contribution in [0.25, 0.3) is 0 Å². The lowest BCUT2D eigenvalue weighted by atomic mass is 9.86. The van der Waals surface area contributed by atoms with E-state index in [4.69, 9.17) is 4.74 Å². The van der Waals surface area contributed by atoms with E-state index in [0.717, 1.165) is 24.5 Å². The molecular formula is C17H25NO2. The highest BCUT2D eigenvalue weighted by Crippen LogP contribution is 2.38. The highest BCUT2D eigenvalue weighted by molar-refractivity contribution is 5.39. The predicted molar refractivity (Wildman–Crippen MR) is 80.0 cm³/mol. The Hall–Kier alpha value is -1.06. The van der Waals surface area contributed by atoms with Crippen molar-refractivity contribution in [2.75, 3.05) is 13.7 Å². The molecule has 0 spiro atoms. The summed E-state index contributed by atoms with van der Waals surface area (Å²) in [4.78, 5) is 0. The summed E-state index contributed by atoms with van der Waals surface area (Å²) in [6.07, 6.45) is 7.10. The molecule has 0 radical (unpaired) electrons. The van der Waals surface area contributed by atoms with E-state index in [2.05, 4.69) is 23.5 Å². The fourth-order valence-corrected chi connectivity index (χ4v) is 3.44. The first-order chi connectivity index (χ1) is 9.81. The van der Waals surface area contributed by atoms with Crippen LogP contribution in [-0.2, 0) is 6.42 Å². The Labute approximate surface area is 121 Å². The molecule has 0 saturated heterocycles. The minimum atomic E-state index is 0.288. The smallest absolute Gasteiger partial charge is 0.119 e. The summed E-state index contributed by atoms with van der Waals surface area (Å²) in [7, 11) is 1.73. The monoisotopic (exact) mass is 275 g/mol. The third kappa shape index (κ3) is 2.99. The highest BCUT2D eigenvalue weighted by atomic mass is 16.5. The van der Waals surface area contributed by atoms with Gasteiger partial charge in [0.25, 0.3) is 0 Å². The lowest BCUT2D eigenvalue weighted by Crippen LogP contribution is -2.36. The maximum absolute atomic E-state index is 9.25. The number of nitrogens with one attached hydrogen (secondary N) is 1. The lowest BCUT2D eigenvalue weighted by Gasteiger charge is -2.31. The Bertz CT molecular complexity index is 456. The van der Waals surface area contributed by atoms with E-state index < -0.39 is 0 Å². The molecule has 2 atom stereocenters. The van der Waals surface area contributed by atoms with Crippen molar-refractivity contribution < 1.29 is 9.84 Å². The van der Waals surface area contributed by atoms with Gasteiger partial charge in [0.05, 0.1) is 7.11 Å². The second-order valence-electron chi connectivity index (χ2n) is 6.13. The van der Waals surface area contributed by atoms with E-state index in [9.17, 15) is 5.11 Å². The van der Waals surface area contributed by atoms with E-state index >= 15 is 0 Å². The minimum absolute atomic E-state index is 0.288. The topological polar surface area (TPSA) is 41.5 Å². The van der Waals surface area contributed by atoms with Crippen LogP contribution in [0.5, 0.6) is 5.75 Å². The van der Waals surface area contributed by atoms with Gasteiger partial charge in [-0.05, 0) is 67.7 Å². The van der Waals surface area contributed by atoms with Gasteiger partial charge < -0.3 is 15.2 Å². The molecule has 0 amide bonds. The third-order valence-corrected chi connectivity index (χ3v) is 4.71. The molecule has 20 heavy (non-hydrogen) atoms. The van der Waals surface area contributed by atoms with Crippen molar-refractivity contribution in [2.45, 2.75) is 50.6 Å². The van der Waals surface area contributed by atoms with Gasteiger partial charge in [-0.3, -0.25) is 0 Å². The molecule has 0 aromatic heterocycles. The normalized spacial score (nSPS) is 23.2. The Kier molecular flexibility index (Phi) is 4.27. The van der Waals surface area contributed by atoms with Gasteiger partial charge in [0, 0.05) is 18.7 Å². The zero-order valence-corrected chi connectivity index (χ0v) is 12.3. The van der Waals surface area contributed by atoms with Crippen LogP contribution >= 0.6 is 0 Å². The molecular weight excluding hydrogens is 250 g/mol. The quantitative estimate of drug-likeness (QED) is 0.839. The standard InChI is InChI=1S/C17H25NO2/c1-20-14-7-8-15-13(11-14)3-2-4-17(15)18-16(9-10-19)12-5-6-12/h7-8,11-12,16-19H,2-6,9-10H2,1H3. The zero-order chi connectivity index (χ0) is 13.9. The van der Waals surface area contributed by atoms with Gasteiger partial charge in [-0.15, -0.1) is 0 Å². The van der Waals surface area contributed by atoms with Gasteiger partial charge in [-0.2, -0.15) is 0 Å². The Morgan fingerprint density at radius 3 is 2.90 bits per heavy atom. The molecule has 2 unspecified atom stereocenters. The fraction of sp³-hybridized carbons (Fsp3) is 0.647. The second kappa shape index (κ2) is 6.15. The van der Waals surface area contributed by atoms with Crippen molar-refractivity contribution in [3.63, 3.8) is 0 Å². The molecule has 0 aliphatic heterocycles. The van der Waals surface area contributed by atoms with Crippen LogP contribution in [0.15, 0.2) is 18.2 Å². The van der Waals surface area contributed by atoms with Gasteiger partial charge in [0.2, 0.25) is 0 Å². The molecule has 1 aromatic carbocycles. The predicted octanol–water partition coefficient (Wildman–Crippen LogP) is 2.82. The number of ether oxygens (including phenoxy) is 1. The lowest BCUT2D eigenvalue weighted by molar-refractivity contribution is 0.244. The van der Waals surface area contributed by atoms with E-state index in [-0.39, 0.29) is 6.61 Å². The molecule has 2 aliphatic carbocycles. The van der Waals surface area contributed by atoms with Gasteiger partial charge in [-0.25, -0.2) is 0 Å². The molecule has 3 nitrogen and oxygen atoms in total. The molecule has 2 N–H and O–H groups in total. The number of rotatable bonds is 6. The molecule has 110 valence electrons. The van der Waals surface area contributed by atoms with Crippen LogP contribution in [0, 0.1) is 5.92 Å². The first-order valence-corrected chi connectivity index (χ1v) is 7.85. The molecule has 2 aliphatic rings. The van der Waals surface area contributed by atoms with Gasteiger partial charge in [-0.1, -0.05) is 6.07 Å². The summed E-state index contributed by atoms with van der Waals surface area (Å²) >= 11 is 0. The molecule has 3 rings (SSSR count). The summed E-state index contributed by atoms with van der Waals surface area (Å²) < 4.78 is 5.33. The van der Waals surface area contributed by atoms with Crippen LogP contribution in [0.2, 0.25) is 0 Å². The second-order valence-corrected chi connectivity index (χ2v) is 6.13. The van der Waals surface area contributed by atoms with Gasteiger partial charge in [0.15, 0.2) is 0 Å². The van der Waals surface area contributed by atoms with Crippen molar-refractivity contribution >= 4 is 0 Å². The highest BCUT2D eigenvalue weighted by Gasteiger charge is 2.33. The number of benzene rings is 1. The summed E-state index contributed by atoms with van der Waals surface area (Å²) in [5.74, 6) is 1.74. The number of aliphatic hydroxyl groups is 1. The minimum Gasteiger partial charge on any atom is -0.497 e. The third-order valence-electron chi connectivity index (χ3n) is 4.71. The zero-order valence-electron chi connectivity index (χ0n) is 12.3. The van der Waals surface area contributed by atoms with Crippen molar-refractivity contribution in [1.82, 2.24) is 5.32 Å². The van der Waals surface area contributed by atoms with E-state index in [0.29, 0.717) is 12.1 Å². The fourth-order valence-electron chi connectivity index (χ4n) is 3.44. The number of aliphatic hydroxyl groups excluding tert-OH is 1. The van der Waals surface area contributed by atoms with E-state index in [1.807, 2.05) is 0 Å². The first kappa shape index (κ1) is 13.9. The SMILES string of the molecule is COc1ccc2c(c1)CCCC2NC(CCO)C1CC1. The summed E-state index contributed by atoms with van der Waals surface area (Å²) in [5, 5.41) is 13.1. The van der Waals surface area contributed by atoms with Crippen LogP contribution in [0.3, 0.4) is 0 Å². The molecule has 3 heteroatoms. The summed E-state index contributed by atoms with van der Waals surface area (Å²) in [5.41, 5.74) is 2.85. The molecule has 1 fully saturated rings. The molecule has 0 heterocycles. The number of methoxy groups -OCH3 is 1. The van der Waals surface area contributed by atoms with Crippen LogP contribution < -0.4 is 10.1 Å². The van der Waals surface area contributed by atoms with E-state index in [1.165, 1.54) is 36.8 Å². The van der Waals surface area contributed by atoms with E-state index in [1.54, 1.807) is 7.11 Å². The van der Waals surface area contributed by atoms with Crippen LogP contribution in [0.4, 0.5) is 0 Å². The average Bonchev–Trinajstić information content (AvgIpc) is 3.31. The Balaban J connectivity index is 1.75. The van der Waals surface area contributed by atoms with Gasteiger partial charge >= 0.3 is 0 Å². The van der Waals surface area contributed by atoms with Crippen molar-refractivity contribution in [2.24, 2.45) is 5.92 Å². The van der Waals surface area contributed by atoms with Gasteiger partial charge in [0.1, 0.15) is 5.75 Å². The summed E-state index contributed by atoms with van der Waals surface area (Å²) in [6.45, 7) is 0.288. The number of aryl methyl sites for hydroxylation is 1. The molecule has 0 bridgehead atoms. The Morgan fingerprint density at radius 1 is 1.35 bits per heavy atom. The number of fused-ring (bicyclic) bond motifs is 1. The van der Waals surface area contributed by atoms with Crippen molar-refractivity contribution in [3.8, 4) is 5.75 Å². The molecule has 1 aromatic rings. The van der Waals surface area contributed by atoms with Crippen molar-refractivity contribution in [3.05, 3.63) is 29.3 Å². The largest absolute Gasteiger partial charge is 0.497 e. The molecule has 1 saturated carbocycles. The van der Waals surface area contributed by atoms with Crippen molar-refractivity contribution in [1.29, 1.82) is 0 Å². The maximum Gasteiger partial charge on any atom is 0.119 e. The summed E-state index contributed by atoms with van der Waals surface area (Å²) in [6, 6.07) is 7.39. The van der Waals surface area contributed by atoms with Crippen LogP contribution in [-0.4, -0.2) is 24.9 Å². The first-order valence-electron chi connectivity index (χ1n) is 7.85. The average molecular weight is 275 g/mol. The number of hydrogen-bond donors (Lipinski definition) is 2. The maximum atomic E-state index is 9.25. The number of hydrogen-bond acceptors (Lipinski definition) is 3.